The third-order valence-corrected chi connectivity index (χ3v) is 2.62. The molecule has 0 aromatic heterocycles. The normalized spacial score (nSPS) is 12.8. The van der Waals surface area contributed by atoms with Crippen LogP contribution < -0.4 is 11.1 Å². The molecular weight excluding hydrogens is 198 g/mol. The number of nitrogens with one attached hydrogen (secondary N) is 1. The molecule has 1 atom stereocenters. The Bertz CT molecular complexity index is 334. The van der Waals surface area contributed by atoms with Gasteiger partial charge < -0.3 is 16.0 Å². The molecule has 0 heterocycles. The third-order valence-electron chi connectivity index (χ3n) is 2.62. The first-order chi connectivity index (χ1) is 7.49. The van der Waals surface area contributed by atoms with Gasteiger partial charge in [-0.15, -0.1) is 0 Å². The van der Waals surface area contributed by atoms with Gasteiger partial charge in [0, 0.05) is 6.04 Å². The molecule has 1 aromatic carbocycles. The monoisotopic (exact) mass is 221 g/mol. The van der Waals surface area contributed by atoms with Gasteiger partial charge in [0.25, 0.3) is 0 Å². The minimum absolute atomic E-state index is 0.437. The summed E-state index contributed by atoms with van der Waals surface area (Å²) in [6.07, 6.45) is 1.11. The molecular formula is C13H23N3. The molecule has 3 nitrogen and oxygen atoms in total. The molecule has 1 unspecified atom stereocenters. The zero-order valence-electron chi connectivity index (χ0n) is 10.7. The van der Waals surface area contributed by atoms with Gasteiger partial charge >= 0.3 is 0 Å². The van der Waals surface area contributed by atoms with Gasteiger partial charge in [-0.25, -0.2) is 0 Å². The average molecular weight is 221 g/mol. The first-order valence-electron chi connectivity index (χ1n) is 5.76. The SMILES string of the molecule is Cc1ccc(NC(C)CCN(C)C)c(N)c1. The lowest BCUT2D eigenvalue weighted by Gasteiger charge is -2.19. The highest BCUT2D eigenvalue weighted by Crippen LogP contribution is 2.20. The fraction of sp³-hybridized carbons (Fsp3) is 0.538. The lowest BCUT2D eigenvalue weighted by Crippen LogP contribution is -2.23. The Morgan fingerprint density at radius 1 is 1.38 bits per heavy atom. The van der Waals surface area contributed by atoms with Gasteiger partial charge in [-0.2, -0.15) is 0 Å². The van der Waals surface area contributed by atoms with Crippen molar-refractivity contribution in [2.75, 3.05) is 31.7 Å². The van der Waals surface area contributed by atoms with Crippen LogP contribution in [0.25, 0.3) is 0 Å². The molecule has 0 fully saturated rings. The summed E-state index contributed by atoms with van der Waals surface area (Å²) in [5.41, 5.74) is 9.02. The van der Waals surface area contributed by atoms with E-state index in [1.54, 1.807) is 0 Å². The Labute approximate surface area is 98.6 Å². The second kappa shape index (κ2) is 5.75. The van der Waals surface area contributed by atoms with E-state index in [0.29, 0.717) is 6.04 Å². The topological polar surface area (TPSA) is 41.3 Å². The molecule has 0 aliphatic heterocycles. The van der Waals surface area contributed by atoms with Crippen molar-refractivity contribution in [1.82, 2.24) is 4.90 Å². The highest BCUT2D eigenvalue weighted by molar-refractivity contribution is 5.67. The maximum absolute atomic E-state index is 5.95. The number of aryl methyl sites for hydroxylation is 1. The summed E-state index contributed by atoms with van der Waals surface area (Å²) in [4.78, 5) is 2.19. The molecule has 0 saturated carbocycles. The van der Waals surface area contributed by atoms with Crippen LogP contribution in [0, 0.1) is 6.92 Å². The van der Waals surface area contributed by atoms with Gasteiger partial charge in [0.1, 0.15) is 0 Å². The second-order valence-corrected chi connectivity index (χ2v) is 4.73. The Balaban J connectivity index is 2.52. The van der Waals surface area contributed by atoms with Crippen molar-refractivity contribution in [3.8, 4) is 0 Å². The van der Waals surface area contributed by atoms with Gasteiger partial charge in [-0.1, -0.05) is 6.07 Å². The second-order valence-electron chi connectivity index (χ2n) is 4.73. The lowest BCUT2D eigenvalue weighted by molar-refractivity contribution is 0.390. The fourth-order valence-corrected chi connectivity index (χ4v) is 1.60. The van der Waals surface area contributed by atoms with Crippen LogP contribution in [0.15, 0.2) is 18.2 Å². The number of nitrogen functional groups attached to an aromatic ring is 1. The molecule has 0 aliphatic carbocycles. The maximum atomic E-state index is 5.95. The van der Waals surface area contributed by atoms with E-state index in [4.69, 9.17) is 5.73 Å². The molecule has 16 heavy (non-hydrogen) atoms. The minimum Gasteiger partial charge on any atom is -0.397 e. The maximum Gasteiger partial charge on any atom is 0.0576 e. The van der Waals surface area contributed by atoms with Crippen LogP contribution in [0.1, 0.15) is 18.9 Å². The largest absolute Gasteiger partial charge is 0.397 e. The molecule has 1 aromatic rings. The van der Waals surface area contributed by atoms with E-state index in [1.165, 1.54) is 5.56 Å². The van der Waals surface area contributed by atoms with E-state index in [9.17, 15) is 0 Å². The van der Waals surface area contributed by atoms with E-state index in [-0.39, 0.29) is 0 Å². The Morgan fingerprint density at radius 3 is 2.62 bits per heavy atom. The van der Waals surface area contributed by atoms with Gasteiger partial charge in [-0.05, 0) is 58.6 Å². The number of hydrogen-bond acceptors (Lipinski definition) is 3. The standard InChI is InChI=1S/C13H23N3/c1-10-5-6-13(12(14)9-10)15-11(2)7-8-16(3)4/h5-6,9,11,15H,7-8,14H2,1-4H3. The van der Waals surface area contributed by atoms with Gasteiger partial charge in [-0.3, -0.25) is 0 Å². The van der Waals surface area contributed by atoms with Crippen molar-refractivity contribution < 1.29 is 0 Å². The number of nitrogens with zero attached hydrogens (tertiary/aromatic N) is 1. The summed E-state index contributed by atoms with van der Waals surface area (Å²) in [6.45, 7) is 5.32. The summed E-state index contributed by atoms with van der Waals surface area (Å²) in [5, 5.41) is 3.44. The summed E-state index contributed by atoms with van der Waals surface area (Å²) < 4.78 is 0. The van der Waals surface area contributed by atoms with Crippen molar-refractivity contribution in [3.63, 3.8) is 0 Å². The van der Waals surface area contributed by atoms with Crippen LogP contribution in [0.4, 0.5) is 11.4 Å². The molecule has 0 bridgehead atoms. The van der Waals surface area contributed by atoms with E-state index < -0.39 is 0 Å². The van der Waals surface area contributed by atoms with E-state index in [1.807, 2.05) is 6.07 Å². The molecule has 0 saturated heterocycles. The molecule has 0 aliphatic rings. The zero-order valence-corrected chi connectivity index (χ0v) is 10.7. The molecule has 1 rings (SSSR count). The van der Waals surface area contributed by atoms with Crippen molar-refractivity contribution in [2.24, 2.45) is 0 Å². The van der Waals surface area contributed by atoms with Crippen molar-refractivity contribution in [2.45, 2.75) is 26.3 Å². The molecule has 0 spiro atoms. The fourth-order valence-electron chi connectivity index (χ4n) is 1.60. The third kappa shape index (κ3) is 4.11. The van der Waals surface area contributed by atoms with E-state index in [2.05, 4.69) is 50.3 Å². The van der Waals surface area contributed by atoms with Gasteiger partial charge in [0.05, 0.1) is 11.4 Å². The van der Waals surface area contributed by atoms with E-state index in [0.717, 1.165) is 24.3 Å². The highest BCUT2D eigenvalue weighted by atomic mass is 15.1. The average Bonchev–Trinajstić information content (AvgIpc) is 2.19. The summed E-state index contributed by atoms with van der Waals surface area (Å²) in [6, 6.07) is 6.57. The van der Waals surface area contributed by atoms with Crippen LogP contribution in [0.2, 0.25) is 0 Å². The molecule has 0 amide bonds. The summed E-state index contributed by atoms with van der Waals surface area (Å²) >= 11 is 0. The lowest BCUT2D eigenvalue weighted by atomic mass is 10.1. The first-order valence-corrected chi connectivity index (χ1v) is 5.76. The van der Waals surface area contributed by atoms with Crippen LogP contribution in [-0.4, -0.2) is 31.6 Å². The predicted octanol–water partition coefficient (Wildman–Crippen LogP) is 2.33. The van der Waals surface area contributed by atoms with Gasteiger partial charge in [0.15, 0.2) is 0 Å². The predicted molar refractivity (Wildman–Crippen MR) is 71.8 cm³/mol. The highest BCUT2D eigenvalue weighted by Gasteiger charge is 2.05. The number of anilines is 2. The van der Waals surface area contributed by atoms with Crippen LogP contribution in [0.5, 0.6) is 0 Å². The van der Waals surface area contributed by atoms with Crippen LogP contribution >= 0.6 is 0 Å². The Morgan fingerprint density at radius 2 is 2.06 bits per heavy atom. The van der Waals surface area contributed by atoms with Gasteiger partial charge in [0.2, 0.25) is 0 Å². The number of rotatable bonds is 5. The summed E-state index contributed by atoms with van der Waals surface area (Å²) in [5.74, 6) is 0. The number of nitrogens with two attached hydrogens (primary N) is 1. The summed E-state index contributed by atoms with van der Waals surface area (Å²) in [7, 11) is 4.18. The van der Waals surface area contributed by atoms with Crippen molar-refractivity contribution >= 4 is 11.4 Å². The smallest absolute Gasteiger partial charge is 0.0576 e. The number of benzene rings is 1. The minimum atomic E-state index is 0.437. The first kappa shape index (κ1) is 12.8. The number of hydrogen-bond donors (Lipinski definition) is 2. The molecule has 3 N–H and O–H groups in total. The Hall–Kier alpha value is -1.22. The van der Waals surface area contributed by atoms with Crippen LogP contribution in [-0.2, 0) is 0 Å². The van der Waals surface area contributed by atoms with Crippen LogP contribution in [0.3, 0.4) is 0 Å². The van der Waals surface area contributed by atoms with Crippen molar-refractivity contribution in [3.05, 3.63) is 23.8 Å². The quantitative estimate of drug-likeness (QED) is 0.750. The molecule has 0 radical (unpaired) electrons. The van der Waals surface area contributed by atoms with Crippen molar-refractivity contribution in [1.29, 1.82) is 0 Å². The zero-order chi connectivity index (χ0) is 12.1. The molecule has 90 valence electrons. The Kier molecular flexibility index (Phi) is 4.62. The molecule has 3 heteroatoms. The van der Waals surface area contributed by atoms with E-state index >= 15 is 0 Å².